The fourth-order valence-corrected chi connectivity index (χ4v) is 2.93. The van der Waals surface area contributed by atoms with Crippen LogP contribution in [0.3, 0.4) is 0 Å². The van der Waals surface area contributed by atoms with Gasteiger partial charge in [-0.1, -0.05) is 0 Å². The van der Waals surface area contributed by atoms with Crippen LogP contribution in [0.1, 0.15) is 27.2 Å². The van der Waals surface area contributed by atoms with Gasteiger partial charge in [-0.05, 0) is 36.2 Å². The van der Waals surface area contributed by atoms with Gasteiger partial charge in [0.1, 0.15) is 0 Å². The van der Waals surface area contributed by atoms with Crippen LogP contribution in [-0.4, -0.2) is 13.1 Å². The number of hydrogen-bond donors (Lipinski definition) is 0. The molecule has 0 fully saturated rings. The topological polar surface area (TPSA) is 54.5 Å². The number of hydrogen-bond acceptors (Lipinski definition) is 4. The first-order chi connectivity index (χ1) is 6.77. The second-order valence-electron chi connectivity index (χ2n) is 3.13. The van der Waals surface area contributed by atoms with E-state index in [-0.39, 0.29) is 0 Å². The molecule has 72 valence electrons. The Balaban J connectivity index is 2.56. The van der Waals surface area contributed by atoms with Gasteiger partial charge in [0, 0.05) is 4.88 Å². The SMILES string of the molecule is COC(=O)c1c([N+]#N)sc2c1CCC2. The summed E-state index contributed by atoms with van der Waals surface area (Å²) in [5.74, 6) is -0.405. The third-order valence-corrected chi connectivity index (χ3v) is 3.56. The van der Waals surface area contributed by atoms with Gasteiger partial charge in [-0.25, -0.2) is 4.79 Å². The van der Waals surface area contributed by atoms with Gasteiger partial charge in [-0.3, -0.25) is 0 Å². The normalized spacial score (nSPS) is 13.4. The van der Waals surface area contributed by atoms with Crippen LogP contribution < -0.4 is 0 Å². The number of thiophene rings is 1. The fourth-order valence-electron chi connectivity index (χ4n) is 1.77. The summed E-state index contributed by atoms with van der Waals surface area (Å²) in [5.41, 5.74) is 1.46. The number of rotatable bonds is 1. The van der Waals surface area contributed by atoms with Crippen LogP contribution in [0, 0.1) is 5.39 Å². The fraction of sp³-hybridized carbons (Fsp3) is 0.444. The van der Waals surface area contributed by atoms with Crippen molar-refractivity contribution in [3.8, 4) is 0 Å². The zero-order valence-corrected chi connectivity index (χ0v) is 8.56. The summed E-state index contributed by atoms with van der Waals surface area (Å²) in [6, 6.07) is 0. The first-order valence-electron chi connectivity index (χ1n) is 4.36. The van der Waals surface area contributed by atoms with E-state index < -0.39 is 5.97 Å². The maximum absolute atomic E-state index is 11.4. The lowest BCUT2D eigenvalue weighted by Crippen LogP contribution is -2.02. The summed E-state index contributed by atoms with van der Waals surface area (Å²) in [7, 11) is 1.34. The molecule has 0 atom stereocenters. The molecule has 1 aromatic heterocycles. The lowest BCUT2D eigenvalue weighted by molar-refractivity contribution is 0.0601. The summed E-state index contributed by atoms with van der Waals surface area (Å²) >= 11 is 1.37. The molecule has 0 spiro atoms. The molecule has 0 aliphatic heterocycles. The molecule has 1 heterocycles. The zero-order chi connectivity index (χ0) is 10.1. The molecular weight excluding hydrogens is 200 g/mol. The maximum Gasteiger partial charge on any atom is 0.455 e. The first-order valence-corrected chi connectivity index (χ1v) is 5.17. The molecule has 2 rings (SSSR count). The summed E-state index contributed by atoms with van der Waals surface area (Å²) in [4.78, 5) is 15.7. The van der Waals surface area contributed by atoms with Crippen LogP contribution in [0.2, 0.25) is 0 Å². The lowest BCUT2D eigenvalue weighted by Gasteiger charge is -1.95. The van der Waals surface area contributed by atoms with E-state index in [1.807, 2.05) is 0 Å². The first kappa shape index (κ1) is 9.16. The van der Waals surface area contributed by atoms with Gasteiger partial charge in [-0.15, -0.1) is 0 Å². The van der Waals surface area contributed by atoms with Crippen molar-refractivity contribution in [2.45, 2.75) is 19.3 Å². The Morgan fingerprint density at radius 1 is 1.57 bits per heavy atom. The van der Waals surface area contributed by atoms with Crippen molar-refractivity contribution in [3.05, 3.63) is 21.0 Å². The minimum atomic E-state index is -0.405. The highest BCUT2D eigenvalue weighted by Crippen LogP contribution is 2.40. The number of esters is 1. The van der Waals surface area contributed by atoms with Crippen LogP contribution in [0.25, 0.3) is 4.98 Å². The lowest BCUT2D eigenvalue weighted by atomic mass is 10.1. The van der Waals surface area contributed by atoms with E-state index in [9.17, 15) is 4.79 Å². The highest BCUT2D eigenvalue weighted by Gasteiger charge is 2.34. The van der Waals surface area contributed by atoms with Crippen LogP contribution in [0.15, 0.2) is 0 Å². The third-order valence-electron chi connectivity index (χ3n) is 2.38. The molecule has 0 aromatic carbocycles. The molecule has 0 saturated carbocycles. The molecule has 1 aliphatic rings. The maximum atomic E-state index is 11.4. The van der Waals surface area contributed by atoms with Crippen molar-refractivity contribution >= 4 is 22.3 Å². The Hall–Kier alpha value is -1.41. The smallest absolute Gasteiger partial charge is 0.455 e. The van der Waals surface area contributed by atoms with E-state index in [0.717, 1.165) is 29.7 Å². The van der Waals surface area contributed by atoms with Crippen molar-refractivity contribution in [2.75, 3.05) is 7.11 Å². The monoisotopic (exact) mass is 209 g/mol. The predicted molar refractivity (Wildman–Crippen MR) is 52.4 cm³/mol. The molecular formula is C9H9N2O2S+. The van der Waals surface area contributed by atoms with E-state index in [0.29, 0.717) is 10.6 Å². The summed E-state index contributed by atoms with van der Waals surface area (Å²) in [6.07, 6.45) is 2.92. The van der Waals surface area contributed by atoms with Gasteiger partial charge in [0.15, 0.2) is 10.5 Å². The third kappa shape index (κ3) is 1.19. The Morgan fingerprint density at radius 3 is 3.00 bits per heavy atom. The van der Waals surface area contributed by atoms with Crippen LogP contribution in [-0.2, 0) is 17.6 Å². The Labute approximate surface area is 85.1 Å². The molecule has 0 unspecified atom stereocenters. The van der Waals surface area contributed by atoms with Gasteiger partial charge in [-0.2, -0.15) is 0 Å². The summed E-state index contributed by atoms with van der Waals surface area (Å²) in [5, 5.41) is 9.12. The molecule has 1 aromatic rings. The molecule has 0 N–H and O–H groups in total. The van der Waals surface area contributed by atoms with Crippen LogP contribution >= 0.6 is 11.3 Å². The highest BCUT2D eigenvalue weighted by atomic mass is 32.1. The molecule has 0 saturated heterocycles. The Morgan fingerprint density at radius 2 is 2.36 bits per heavy atom. The molecule has 4 nitrogen and oxygen atoms in total. The van der Waals surface area contributed by atoms with E-state index in [2.05, 4.69) is 9.71 Å². The number of methoxy groups -OCH3 is 1. The van der Waals surface area contributed by atoms with Crippen molar-refractivity contribution in [2.24, 2.45) is 0 Å². The second-order valence-corrected chi connectivity index (χ2v) is 4.21. The Kier molecular flexibility index (Phi) is 2.22. The van der Waals surface area contributed by atoms with E-state index in [4.69, 9.17) is 5.39 Å². The quantitative estimate of drug-likeness (QED) is 0.527. The molecule has 5 heteroatoms. The second kappa shape index (κ2) is 3.39. The number of fused-ring (bicyclic) bond motifs is 1. The number of diazo groups is 1. The minimum absolute atomic E-state index is 0.376. The minimum Gasteiger partial charge on any atom is -0.465 e. The van der Waals surface area contributed by atoms with Gasteiger partial charge in [0.2, 0.25) is 5.39 Å². The largest absolute Gasteiger partial charge is 0.465 e. The summed E-state index contributed by atoms with van der Waals surface area (Å²) in [6.45, 7) is 0. The molecule has 0 amide bonds. The average molecular weight is 209 g/mol. The van der Waals surface area contributed by atoms with Gasteiger partial charge >= 0.3 is 11.0 Å². The van der Waals surface area contributed by atoms with Gasteiger partial charge < -0.3 is 4.74 Å². The van der Waals surface area contributed by atoms with E-state index >= 15 is 0 Å². The molecule has 0 radical (unpaired) electrons. The van der Waals surface area contributed by atoms with Crippen molar-refractivity contribution in [1.29, 1.82) is 5.39 Å². The number of nitrogens with zero attached hydrogens (tertiary/aromatic N) is 2. The van der Waals surface area contributed by atoms with Crippen molar-refractivity contribution < 1.29 is 9.53 Å². The van der Waals surface area contributed by atoms with E-state index in [1.54, 1.807) is 0 Å². The van der Waals surface area contributed by atoms with Gasteiger partial charge in [0.05, 0.1) is 7.11 Å². The highest BCUT2D eigenvalue weighted by molar-refractivity contribution is 7.16. The van der Waals surface area contributed by atoms with Crippen molar-refractivity contribution in [3.63, 3.8) is 0 Å². The van der Waals surface area contributed by atoms with Crippen molar-refractivity contribution in [1.82, 2.24) is 0 Å². The van der Waals surface area contributed by atoms with Crippen LogP contribution in [0.4, 0.5) is 5.00 Å². The number of carbonyl (C=O) groups is 1. The van der Waals surface area contributed by atoms with Gasteiger partial charge in [0.25, 0.3) is 0 Å². The number of carbonyl (C=O) groups excluding carboxylic acids is 1. The standard InChI is InChI=1S/C9H9N2O2S/c1-13-9(12)7-5-3-2-4-6(5)14-8(7)11-10/h2-4H2,1H3/q+1. The number of aryl methyl sites for hydroxylation is 1. The van der Waals surface area contributed by atoms with Crippen LogP contribution in [0.5, 0.6) is 0 Å². The molecule has 14 heavy (non-hydrogen) atoms. The molecule has 1 aliphatic carbocycles. The molecule has 0 bridgehead atoms. The number of ether oxygens (including phenoxy) is 1. The zero-order valence-electron chi connectivity index (χ0n) is 7.74. The Bertz CT molecular complexity index is 431. The summed E-state index contributed by atoms with van der Waals surface area (Å²) < 4.78 is 4.66. The van der Waals surface area contributed by atoms with E-state index in [1.165, 1.54) is 18.4 Å². The predicted octanol–water partition coefficient (Wildman–Crippen LogP) is 2.51. The average Bonchev–Trinajstić information content (AvgIpc) is 2.74.